The van der Waals surface area contributed by atoms with Crippen LogP contribution in [0.4, 0.5) is 22.0 Å². The number of ether oxygens (including phenoxy) is 1. The van der Waals surface area contributed by atoms with Crippen LogP contribution in [0.5, 0.6) is 0 Å². The van der Waals surface area contributed by atoms with Crippen LogP contribution in [0.15, 0.2) is 6.07 Å². The summed E-state index contributed by atoms with van der Waals surface area (Å²) in [6.07, 6.45) is -5.58. The zero-order chi connectivity index (χ0) is 16.3. The molecule has 0 spiro atoms. The van der Waals surface area contributed by atoms with E-state index in [-0.39, 0.29) is 6.61 Å². The number of rotatable bonds is 7. The Morgan fingerprint density at radius 2 is 1.86 bits per heavy atom. The Kier molecular flexibility index (Phi) is 6.12. The molecule has 0 atom stereocenters. The Balaban J connectivity index is 2.53. The van der Waals surface area contributed by atoms with E-state index in [2.05, 4.69) is 10.1 Å². The molecule has 0 amide bonds. The van der Waals surface area contributed by atoms with Crippen molar-refractivity contribution in [3.63, 3.8) is 0 Å². The van der Waals surface area contributed by atoms with E-state index in [1.807, 2.05) is 13.8 Å². The Labute approximate surface area is 124 Å². The van der Waals surface area contributed by atoms with Crippen molar-refractivity contribution in [3.05, 3.63) is 21.4 Å². The average Bonchev–Trinajstić information content (AvgIpc) is 2.66. The fraction of sp³-hybridized carbons (Fsp3) is 0.692. The van der Waals surface area contributed by atoms with Gasteiger partial charge in [-0.1, -0.05) is 13.8 Å². The van der Waals surface area contributed by atoms with Crippen molar-refractivity contribution < 1.29 is 26.7 Å². The molecule has 0 aromatic carbocycles. The number of aryl methyl sites for hydroxylation is 1. The summed E-state index contributed by atoms with van der Waals surface area (Å²) in [7, 11) is 0. The van der Waals surface area contributed by atoms with Gasteiger partial charge in [0, 0.05) is 22.3 Å². The van der Waals surface area contributed by atoms with Gasteiger partial charge in [0.2, 0.25) is 0 Å². The zero-order valence-corrected chi connectivity index (χ0v) is 12.8. The third-order valence-corrected chi connectivity index (χ3v) is 3.80. The minimum absolute atomic E-state index is 0.254. The predicted octanol–water partition coefficient (Wildman–Crippen LogP) is 4.27. The van der Waals surface area contributed by atoms with Crippen molar-refractivity contribution in [1.29, 1.82) is 0 Å². The van der Waals surface area contributed by atoms with Gasteiger partial charge in [0.05, 0.1) is 6.61 Å². The fourth-order valence-corrected chi connectivity index (χ4v) is 2.49. The van der Waals surface area contributed by atoms with Gasteiger partial charge in [0.25, 0.3) is 0 Å². The molecule has 1 N–H and O–H groups in total. The lowest BCUT2D eigenvalue weighted by Crippen LogP contribution is -2.40. The van der Waals surface area contributed by atoms with Crippen molar-refractivity contribution in [1.82, 2.24) is 5.32 Å². The van der Waals surface area contributed by atoms with Crippen molar-refractivity contribution >= 4 is 11.3 Å². The van der Waals surface area contributed by atoms with Crippen LogP contribution in [0, 0.1) is 6.92 Å². The number of hydrogen-bond donors (Lipinski definition) is 1. The smallest absolute Gasteiger partial charge is 0.370 e. The molecular formula is C13H18F5NOS. The molecule has 0 aliphatic carbocycles. The van der Waals surface area contributed by atoms with Gasteiger partial charge in [-0.2, -0.15) is 22.0 Å². The first-order valence-corrected chi connectivity index (χ1v) is 7.18. The summed E-state index contributed by atoms with van der Waals surface area (Å²) in [5.74, 6) is -4.82. The van der Waals surface area contributed by atoms with Crippen LogP contribution in [-0.4, -0.2) is 24.7 Å². The molecule has 0 bridgehead atoms. The van der Waals surface area contributed by atoms with Crippen molar-refractivity contribution in [2.75, 3.05) is 6.61 Å². The molecule has 122 valence electrons. The topological polar surface area (TPSA) is 21.3 Å². The average molecular weight is 331 g/mol. The molecular weight excluding hydrogens is 313 g/mol. The Hall–Kier alpha value is -0.730. The number of alkyl halides is 5. The van der Waals surface area contributed by atoms with Crippen LogP contribution < -0.4 is 5.32 Å². The molecule has 1 heterocycles. The monoisotopic (exact) mass is 331 g/mol. The highest BCUT2D eigenvalue weighted by Gasteiger charge is 2.57. The van der Waals surface area contributed by atoms with E-state index < -0.39 is 18.7 Å². The Morgan fingerprint density at radius 1 is 1.24 bits per heavy atom. The van der Waals surface area contributed by atoms with E-state index in [4.69, 9.17) is 0 Å². The van der Waals surface area contributed by atoms with Crippen LogP contribution in [0.25, 0.3) is 0 Å². The van der Waals surface area contributed by atoms with Crippen molar-refractivity contribution in [2.24, 2.45) is 0 Å². The molecule has 1 aromatic heterocycles. The minimum Gasteiger partial charge on any atom is -0.370 e. The molecule has 1 rings (SSSR count). The van der Waals surface area contributed by atoms with Crippen molar-refractivity contribution in [3.8, 4) is 0 Å². The van der Waals surface area contributed by atoms with Gasteiger partial charge in [0.15, 0.2) is 0 Å². The third kappa shape index (κ3) is 5.52. The number of halogens is 5. The van der Waals surface area contributed by atoms with E-state index in [0.717, 1.165) is 9.75 Å². The predicted molar refractivity (Wildman–Crippen MR) is 71.7 cm³/mol. The maximum atomic E-state index is 12.7. The van der Waals surface area contributed by atoms with Gasteiger partial charge < -0.3 is 10.1 Å². The maximum Gasteiger partial charge on any atom is 0.455 e. The van der Waals surface area contributed by atoms with Crippen LogP contribution in [-0.2, 0) is 17.9 Å². The lowest BCUT2D eigenvalue weighted by molar-refractivity contribution is -0.297. The van der Waals surface area contributed by atoms with E-state index in [0.29, 0.717) is 18.2 Å². The van der Waals surface area contributed by atoms with Gasteiger partial charge in [-0.05, 0) is 18.6 Å². The molecule has 1 aromatic rings. The molecule has 0 aliphatic rings. The van der Waals surface area contributed by atoms with Gasteiger partial charge in [-0.15, -0.1) is 11.3 Å². The molecule has 0 unspecified atom stereocenters. The second-order valence-corrected chi connectivity index (χ2v) is 6.37. The highest BCUT2D eigenvalue weighted by Crippen LogP contribution is 2.35. The molecule has 21 heavy (non-hydrogen) atoms. The van der Waals surface area contributed by atoms with Gasteiger partial charge >= 0.3 is 12.1 Å². The first-order valence-electron chi connectivity index (χ1n) is 6.37. The van der Waals surface area contributed by atoms with Crippen LogP contribution >= 0.6 is 11.3 Å². The van der Waals surface area contributed by atoms with Crippen LogP contribution in [0.2, 0.25) is 0 Å². The van der Waals surface area contributed by atoms with E-state index in [1.54, 1.807) is 13.0 Å². The summed E-state index contributed by atoms with van der Waals surface area (Å²) in [4.78, 5) is 1.84. The summed E-state index contributed by atoms with van der Waals surface area (Å²) in [6.45, 7) is 4.47. The fourth-order valence-electron chi connectivity index (χ4n) is 1.49. The van der Waals surface area contributed by atoms with E-state index in [9.17, 15) is 22.0 Å². The number of thiophene rings is 1. The first-order chi connectivity index (χ1) is 9.53. The second-order valence-electron chi connectivity index (χ2n) is 5.02. The standard InChI is InChI=1S/C13H18F5NOS/c1-8(2)19-5-11-4-10(9(3)21-11)6-20-7-12(14,15)13(16,17)18/h4,8,19H,5-7H2,1-3H3. The van der Waals surface area contributed by atoms with Gasteiger partial charge in [-0.3, -0.25) is 0 Å². The molecule has 0 aliphatic heterocycles. The van der Waals surface area contributed by atoms with Gasteiger partial charge in [0.1, 0.15) is 6.61 Å². The Morgan fingerprint density at radius 3 is 2.38 bits per heavy atom. The van der Waals surface area contributed by atoms with Crippen LogP contribution in [0.1, 0.15) is 29.2 Å². The second kappa shape index (κ2) is 7.02. The minimum atomic E-state index is -5.58. The third-order valence-electron chi connectivity index (χ3n) is 2.71. The number of nitrogens with one attached hydrogen (secondary N) is 1. The molecule has 0 saturated carbocycles. The molecule has 2 nitrogen and oxygen atoms in total. The quantitative estimate of drug-likeness (QED) is 0.754. The zero-order valence-electron chi connectivity index (χ0n) is 12.0. The summed E-state index contributed by atoms with van der Waals surface area (Å²) >= 11 is 1.47. The lowest BCUT2D eigenvalue weighted by atomic mass is 10.2. The Bertz CT molecular complexity index is 456. The number of hydrogen-bond acceptors (Lipinski definition) is 3. The van der Waals surface area contributed by atoms with Crippen molar-refractivity contribution in [2.45, 2.75) is 52.1 Å². The molecule has 0 radical (unpaired) electrons. The summed E-state index contributed by atoms with van der Waals surface area (Å²) in [5, 5.41) is 3.20. The molecule has 0 saturated heterocycles. The molecule has 8 heteroatoms. The maximum absolute atomic E-state index is 12.7. The summed E-state index contributed by atoms with van der Waals surface area (Å²) in [6, 6.07) is 2.07. The van der Waals surface area contributed by atoms with Crippen LogP contribution in [0.3, 0.4) is 0 Å². The largest absolute Gasteiger partial charge is 0.455 e. The highest BCUT2D eigenvalue weighted by atomic mass is 32.1. The van der Waals surface area contributed by atoms with E-state index in [1.165, 1.54) is 11.3 Å². The first kappa shape index (κ1) is 18.3. The summed E-state index contributed by atoms with van der Waals surface area (Å²) in [5.41, 5.74) is 0.638. The SMILES string of the molecule is Cc1sc(CNC(C)C)cc1COCC(F)(F)C(F)(F)F. The molecule has 0 fully saturated rings. The summed E-state index contributed by atoms with van der Waals surface area (Å²) < 4.78 is 65.9. The van der Waals surface area contributed by atoms with Gasteiger partial charge in [-0.25, -0.2) is 0 Å². The normalized spacial score (nSPS) is 13.2. The van der Waals surface area contributed by atoms with E-state index >= 15 is 0 Å². The highest BCUT2D eigenvalue weighted by molar-refractivity contribution is 7.12. The lowest BCUT2D eigenvalue weighted by Gasteiger charge is -2.19.